The van der Waals surface area contributed by atoms with Crippen molar-refractivity contribution in [1.82, 2.24) is 0 Å². The van der Waals surface area contributed by atoms with Crippen molar-refractivity contribution in [2.45, 2.75) is 78.7 Å². The monoisotopic (exact) mass is 291 g/mol. The van der Waals surface area contributed by atoms with Gasteiger partial charge in [0.2, 0.25) is 0 Å². The summed E-state index contributed by atoms with van der Waals surface area (Å²) in [4.78, 5) is 20.7. The van der Waals surface area contributed by atoms with Gasteiger partial charge in [0.1, 0.15) is 11.6 Å². The maximum Gasteiger partial charge on any atom is 0.326 e. The van der Waals surface area contributed by atoms with Crippen molar-refractivity contribution in [2.75, 3.05) is 0 Å². The summed E-state index contributed by atoms with van der Waals surface area (Å²) in [5, 5.41) is 7.42. The van der Waals surface area contributed by atoms with Gasteiger partial charge < -0.3 is 20.3 Å². The third-order valence-corrected chi connectivity index (χ3v) is 1.72. The Hall–Kier alpha value is -1.14. The van der Waals surface area contributed by atoms with Crippen LogP contribution in [-0.4, -0.2) is 40.4 Å². The van der Waals surface area contributed by atoms with Crippen LogP contribution in [0.1, 0.15) is 55.4 Å². The molecule has 0 heterocycles. The first-order chi connectivity index (χ1) is 8.65. The van der Waals surface area contributed by atoms with Crippen LogP contribution in [0.2, 0.25) is 0 Å². The quantitative estimate of drug-likeness (QED) is 0.771. The van der Waals surface area contributed by atoms with E-state index in [4.69, 9.17) is 25.1 Å². The predicted molar refractivity (Wildman–Crippen MR) is 77.4 cm³/mol. The molecule has 1 unspecified atom stereocenters. The number of carboxylic acid groups (broad SMARTS) is 1. The molecule has 0 aromatic carbocycles. The van der Waals surface area contributed by atoms with Gasteiger partial charge in [-0.25, -0.2) is 0 Å². The van der Waals surface area contributed by atoms with Crippen molar-refractivity contribution in [3.05, 3.63) is 0 Å². The summed E-state index contributed by atoms with van der Waals surface area (Å²) in [6, 6.07) is -0.751. The Morgan fingerprint density at radius 3 is 1.65 bits per heavy atom. The third kappa shape index (κ3) is 14.9. The molecule has 0 rings (SSSR count). The summed E-state index contributed by atoms with van der Waals surface area (Å²) in [5.74, 6) is -1.26. The minimum absolute atomic E-state index is 0.320. The number of ether oxygens (including phenoxy) is 2. The van der Waals surface area contributed by atoms with Gasteiger partial charge in [-0.05, 0) is 48.5 Å². The van der Waals surface area contributed by atoms with E-state index >= 15 is 0 Å². The molecule has 0 radical (unpaired) electrons. The lowest BCUT2D eigenvalue weighted by atomic mass is 10.1. The van der Waals surface area contributed by atoms with E-state index in [0.29, 0.717) is 0 Å². The molecule has 0 bridgehead atoms. The van der Waals surface area contributed by atoms with Crippen LogP contribution >= 0.6 is 0 Å². The first-order valence-electron chi connectivity index (χ1n) is 6.51. The molecule has 0 aromatic rings. The smallest absolute Gasteiger partial charge is 0.326 e. The fourth-order valence-electron chi connectivity index (χ4n) is 1.19. The summed E-state index contributed by atoms with van der Waals surface area (Å²) in [7, 11) is 0. The number of rotatable bonds is 3. The van der Waals surface area contributed by atoms with Crippen LogP contribution in [0.4, 0.5) is 0 Å². The summed E-state index contributed by atoms with van der Waals surface area (Å²) in [5.41, 5.74) is 4.94. The Labute approximate surface area is 121 Å². The predicted octanol–water partition coefficient (Wildman–Crippen LogP) is 1.95. The van der Waals surface area contributed by atoms with E-state index in [1.807, 2.05) is 41.5 Å². The molecule has 6 nitrogen and oxygen atoms in total. The van der Waals surface area contributed by atoms with Crippen LogP contribution in [0.5, 0.6) is 0 Å². The summed E-state index contributed by atoms with van der Waals surface area (Å²) in [6.45, 7) is 14.1. The second kappa shape index (κ2) is 8.21. The van der Waals surface area contributed by atoms with Crippen LogP contribution in [-0.2, 0) is 19.1 Å². The Bertz CT molecular complexity index is 311. The van der Waals surface area contributed by atoms with Gasteiger partial charge in [0.15, 0.2) is 0 Å². The molecule has 0 aliphatic rings. The van der Waals surface area contributed by atoms with Crippen molar-refractivity contribution in [3.63, 3.8) is 0 Å². The zero-order chi connectivity index (χ0) is 16.7. The maximum atomic E-state index is 11.7. The van der Waals surface area contributed by atoms with E-state index in [2.05, 4.69) is 0 Å². The van der Waals surface area contributed by atoms with E-state index in [1.165, 1.54) is 0 Å². The highest BCUT2D eigenvalue weighted by Crippen LogP contribution is 2.15. The third-order valence-electron chi connectivity index (χ3n) is 1.72. The highest BCUT2D eigenvalue weighted by Gasteiger charge is 2.29. The SMILES string of the molecule is CC(=O)O.CC(OC(C)(C)C)[C@H](N)C(=O)OC(C)(C)C. The number of esters is 1. The molecule has 120 valence electrons. The number of nitrogens with two attached hydrogens (primary N) is 1. The van der Waals surface area contributed by atoms with Crippen molar-refractivity contribution >= 4 is 11.9 Å². The normalized spacial score (nSPS) is 14.7. The number of carbonyl (C=O) groups excluding carboxylic acids is 1. The molecule has 0 amide bonds. The highest BCUT2D eigenvalue weighted by atomic mass is 16.6. The molecular weight excluding hydrogens is 262 g/mol. The Morgan fingerprint density at radius 1 is 1.05 bits per heavy atom. The van der Waals surface area contributed by atoms with Gasteiger partial charge in [-0.2, -0.15) is 0 Å². The molecule has 20 heavy (non-hydrogen) atoms. The highest BCUT2D eigenvalue weighted by molar-refractivity contribution is 5.76. The number of aliphatic carboxylic acids is 1. The Morgan fingerprint density at radius 2 is 1.40 bits per heavy atom. The molecule has 2 atom stereocenters. The summed E-state index contributed by atoms with van der Waals surface area (Å²) >= 11 is 0. The van der Waals surface area contributed by atoms with Gasteiger partial charge in [0, 0.05) is 6.92 Å². The molecule has 0 aliphatic heterocycles. The molecular formula is C14H29NO5. The van der Waals surface area contributed by atoms with E-state index in [0.717, 1.165) is 6.92 Å². The van der Waals surface area contributed by atoms with Gasteiger partial charge in [-0.15, -0.1) is 0 Å². The largest absolute Gasteiger partial charge is 0.481 e. The maximum absolute atomic E-state index is 11.7. The molecule has 0 fully saturated rings. The number of hydrogen-bond acceptors (Lipinski definition) is 5. The van der Waals surface area contributed by atoms with Crippen molar-refractivity contribution < 1.29 is 24.2 Å². The van der Waals surface area contributed by atoms with Crippen LogP contribution in [0.25, 0.3) is 0 Å². The fraction of sp³-hybridized carbons (Fsp3) is 0.857. The van der Waals surface area contributed by atoms with Gasteiger partial charge in [-0.3, -0.25) is 9.59 Å². The van der Waals surface area contributed by atoms with Crippen molar-refractivity contribution in [1.29, 1.82) is 0 Å². The molecule has 0 saturated carbocycles. The molecule has 0 spiro atoms. The number of hydrogen-bond donors (Lipinski definition) is 2. The topological polar surface area (TPSA) is 98.9 Å². The molecule has 0 aromatic heterocycles. The van der Waals surface area contributed by atoms with Crippen molar-refractivity contribution in [3.8, 4) is 0 Å². The lowest BCUT2D eigenvalue weighted by Crippen LogP contribution is -2.47. The zero-order valence-corrected chi connectivity index (χ0v) is 13.8. The second-order valence-electron chi connectivity index (χ2n) is 6.51. The van der Waals surface area contributed by atoms with E-state index < -0.39 is 23.6 Å². The van der Waals surface area contributed by atoms with Crippen molar-refractivity contribution in [2.24, 2.45) is 5.73 Å². The van der Waals surface area contributed by atoms with Crippen LogP contribution < -0.4 is 5.73 Å². The first-order valence-corrected chi connectivity index (χ1v) is 6.51. The standard InChI is InChI=1S/C12H25NO3.C2H4O2/c1-8(15-11(2,3)4)9(13)10(14)16-12(5,6)7;1-2(3)4/h8-9H,13H2,1-7H3;1H3,(H,3,4)/t8?,9-;/m0./s1. The molecule has 6 heteroatoms. The van der Waals surface area contributed by atoms with Gasteiger partial charge in [-0.1, -0.05) is 0 Å². The fourth-order valence-corrected chi connectivity index (χ4v) is 1.19. The molecule has 0 aliphatic carbocycles. The number of carboxylic acids is 1. The molecule has 0 saturated heterocycles. The minimum Gasteiger partial charge on any atom is -0.481 e. The van der Waals surface area contributed by atoms with Gasteiger partial charge in [0.05, 0.1) is 11.7 Å². The van der Waals surface area contributed by atoms with Crippen LogP contribution in [0, 0.1) is 0 Å². The van der Waals surface area contributed by atoms with E-state index in [1.54, 1.807) is 6.92 Å². The number of carbonyl (C=O) groups is 2. The average Bonchev–Trinajstić information content (AvgIpc) is 2.09. The van der Waals surface area contributed by atoms with Gasteiger partial charge in [0.25, 0.3) is 5.97 Å². The first kappa shape index (κ1) is 21.2. The summed E-state index contributed by atoms with van der Waals surface area (Å²) in [6.07, 6.45) is -0.366. The summed E-state index contributed by atoms with van der Waals surface area (Å²) < 4.78 is 10.8. The zero-order valence-electron chi connectivity index (χ0n) is 13.8. The van der Waals surface area contributed by atoms with Crippen LogP contribution in [0.15, 0.2) is 0 Å². The Balaban J connectivity index is 0. The minimum atomic E-state index is -0.833. The van der Waals surface area contributed by atoms with Crippen LogP contribution in [0.3, 0.4) is 0 Å². The lowest BCUT2D eigenvalue weighted by molar-refractivity contribution is -0.162. The van der Waals surface area contributed by atoms with Gasteiger partial charge >= 0.3 is 5.97 Å². The Kier molecular flexibility index (Phi) is 8.69. The molecule has 3 N–H and O–H groups in total. The average molecular weight is 291 g/mol. The van der Waals surface area contributed by atoms with E-state index in [-0.39, 0.29) is 11.7 Å². The van der Waals surface area contributed by atoms with E-state index in [9.17, 15) is 4.79 Å². The lowest BCUT2D eigenvalue weighted by Gasteiger charge is -2.29. The second-order valence-corrected chi connectivity index (χ2v) is 6.51.